The van der Waals surface area contributed by atoms with Crippen molar-refractivity contribution in [3.63, 3.8) is 0 Å². The van der Waals surface area contributed by atoms with Crippen molar-refractivity contribution in [2.75, 3.05) is 5.32 Å². The molecule has 0 aliphatic heterocycles. The highest BCUT2D eigenvalue weighted by Crippen LogP contribution is 2.31. The van der Waals surface area contributed by atoms with Gasteiger partial charge >= 0.3 is 0 Å². The van der Waals surface area contributed by atoms with Gasteiger partial charge in [-0.1, -0.05) is 48.2 Å². The SMILES string of the molecule is CC[C@H](Sc1nnc2c3ccccc3n(C(C)C)c2n1)C(=O)Nc1nnc(C)s1. The molecule has 1 N–H and O–H groups in total. The molecule has 150 valence electrons. The van der Waals surface area contributed by atoms with Crippen LogP contribution < -0.4 is 5.32 Å². The van der Waals surface area contributed by atoms with Gasteiger partial charge in [0, 0.05) is 11.4 Å². The van der Waals surface area contributed by atoms with Gasteiger partial charge in [-0.2, -0.15) is 0 Å². The summed E-state index contributed by atoms with van der Waals surface area (Å²) in [4.78, 5) is 17.4. The summed E-state index contributed by atoms with van der Waals surface area (Å²) >= 11 is 2.66. The molecule has 0 bridgehead atoms. The van der Waals surface area contributed by atoms with Gasteiger partial charge < -0.3 is 4.57 Å². The fourth-order valence-electron chi connectivity index (χ4n) is 3.20. The molecule has 4 aromatic rings. The van der Waals surface area contributed by atoms with Crippen molar-refractivity contribution in [3.05, 3.63) is 29.3 Å². The molecule has 3 aromatic heterocycles. The molecule has 29 heavy (non-hydrogen) atoms. The van der Waals surface area contributed by atoms with Crippen molar-refractivity contribution in [1.29, 1.82) is 0 Å². The zero-order valence-electron chi connectivity index (χ0n) is 16.6. The van der Waals surface area contributed by atoms with Crippen LogP contribution in [0.4, 0.5) is 5.13 Å². The number of thioether (sulfide) groups is 1. The molecule has 0 radical (unpaired) electrons. The van der Waals surface area contributed by atoms with E-state index in [1.54, 1.807) is 0 Å². The Balaban J connectivity index is 1.65. The number of amides is 1. The molecule has 1 aromatic carbocycles. The first-order chi connectivity index (χ1) is 14.0. The Labute approximate surface area is 176 Å². The van der Waals surface area contributed by atoms with Crippen LogP contribution in [0.25, 0.3) is 22.1 Å². The van der Waals surface area contributed by atoms with Crippen molar-refractivity contribution in [2.45, 2.75) is 50.6 Å². The van der Waals surface area contributed by atoms with Crippen molar-refractivity contribution in [1.82, 2.24) is 29.9 Å². The van der Waals surface area contributed by atoms with E-state index in [1.165, 1.54) is 23.1 Å². The highest BCUT2D eigenvalue weighted by atomic mass is 32.2. The second kappa shape index (κ2) is 8.03. The Morgan fingerprint density at radius 1 is 1.21 bits per heavy atom. The highest BCUT2D eigenvalue weighted by molar-refractivity contribution is 8.00. The summed E-state index contributed by atoms with van der Waals surface area (Å²) < 4.78 is 2.16. The molecule has 3 heterocycles. The molecule has 1 amide bonds. The molecule has 0 fully saturated rings. The van der Waals surface area contributed by atoms with Crippen molar-refractivity contribution in [3.8, 4) is 0 Å². The molecule has 4 rings (SSSR count). The topological polar surface area (TPSA) is 98.5 Å². The zero-order chi connectivity index (χ0) is 20.5. The number of carbonyl (C=O) groups is 1. The van der Waals surface area contributed by atoms with E-state index >= 15 is 0 Å². The molecular formula is C19H21N7OS2. The van der Waals surface area contributed by atoms with E-state index in [0.29, 0.717) is 16.7 Å². The van der Waals surface area contributed by atoms with E-state index < -0.39 is 0 Å². The largest absolute Gasteiger partial charge is 0.321 e. The number of fused-ring (bicyclic) bond motifs is 3. The number of nitrogens with one attached hydrogen (secondary N) is 1. The van der Waals surface area contributed by atoms with Crippen LogP contribution in [0.15, 0.2) is 29.4 Å². The van der Waals surface area contributed by atoms with Gasteiger partial charge in [0.15, 0.2) is 5.65 Å². The molecule has 1 atom stereocenters. The molecule has 0 aliphatic rings. The number of carbonyl (C=O) groups excluding carboxylic acids is 1. The van der Waals surface area contributed by atoms with Crippen LogP contribution in [0.1, 0.15) is 38.2 Å². The summed E-state index contributed by atoms with van der Waals surface area (Å²) in [6, 6.07) is 8.32. The minimum absolute atomic E-state index is 0.137. The minimum Gasteiger partial charge on any atom is -0.321 e. The lowest BCUT2D eigenvalue weighted by Gasteiger charge is -2.13. The van der Waals surface area contributed by atoms with Gasteiger partial charge in [0.1, 0.15) is 10.5 Å². The number of hydrogen-bond donors (Lipinski definition) is 1. The summed E-state index contributed by atoms with van der Waals surface area (Å²) in [6.45, 7) is 8.04. The van der Waals surface area contributed by atoms with Crippen LogP contribution in [0.3, 0.4) is 0 Å². The van der Waals surface area contributed by atoms with E-state index in [1.807, 2.05) is 32.0 Å². The maximum atomic E-state index is 12.7. The summed E-state index contributed by atoms with van der Waals surface area (Å²) in [6.07, 6.45) is 0.628. The van der Waals surface area contributed by atoms with E-state index in [9.17, 15) is 4.79 Å². The van der Waals surface area contributed by atoms with Gasteiger partial charge in [0.05, 0.1) is 10.8 Å². The van der Waals surface area contributed by atoms with E-state index in [0.717, 1.165) is 27.1 Å². The third-order valence-corrected chi connectivity index (χ3v) is 6.45. The lowest BCUT2D eigenvalue weighted by molar-refractivity contribution is -0.115. The van der Waals surface area contributed by atoms with Gasteiger partial charge in [-0.05, 0) is 33.3 Å². The Morgan fingerprint density at radius 3 is 2.69 bits per heavy atom. The maximum Gasteiger partial charge on any atom is 0.239 e. The number of para-hydroxylation sites is 1. The Bertz CT molecular complexity index is 1180. The van der Waals surface area contributed by atoms with E-state index in [-0.39, 0.29) is 17.2 Å². The van der Waals surface area contributed by atoms with Crippen LogP contribution in [0, 0.1) is 6.92 Å². The second-order valence-corrected chi connectivity index (χ2v) is 9.23. The summed E-state index contributed by atoms with van der Waals surface area (Å²) in [5.41, 5.74) is 2.65. The predicted octanol–water partition coefficient (Wildman–Crippen LogP) is 4.23. The fraction of sp³-hybridized carbons (Fsp3) is 0.368. The number of benzene rings is 1. The van der Waals surface area contributed by atoms with Crippen LogP contribution >= 0.6 is 23.1 Å². The third-order valence-electron chi connectivity index (χ3n) is 4.48. The highest BCUT2D eigenvalue weighted by Gasteiger charge is 2.23. The fourth-order valence-corrected chi connectivity index (χ4v) is 4.61. The molecule has 0 saturated heterocycles. The Hall–Kier alpha value is -2.59. The average Bonchev–Trinajstić information content (AvgIpc) is 3.26. The van der Waals surface area contributed by atoms with Gasteiger partial charge in [-0.15, -0.1) is 20.4 Å². The lowest BCUT2D eigenvalue weighted by Crippen LogP contribution is -2.24. The first kappa shape index (κ1) is 19.7. The first-order valence-corrected chi connectivity index (χ1v) is 11.1. The Morgan fingerprint density at radius 2 is 2.00 bits per heavy atom. The third kappa shape index (κ3) is 3.82. The summed E-state index contributed by atoms with van der Waals surface area (Å²) in [5, 5.41) is 21.9. The van der Waals surface area contributed by atoms with E-state index in [2.05, 4.69) is 50.2 Å². The monoisotopic (exact) mass is 427 g/mol. The van der Waals surface area contributed by atoms with Gasteiger partial charge in [0.25, 0.3) is 0 Å². The number of hydrogen-bond acceptors (Lipinski definition) is 8. The number of aromatic nitrogens is 6. The van der Waals surface area contributed by atoms with Crippen molar-refractivity contribution >= 4 is 56.2 Å². The normalized spacial score (nSPS) is 12.7. The molecule has 10 heteroatoms. The Kier molecular flexibility index (Phi) is 5.46. The summed E-state index contributed by atoms with van der Waals surface area (Å²) in [7, 11) is 0. The smallest absolute Gasteiger partial charge is 0.239 e. The van der Waals surface area contributed by atoms with Gasteiger partial charge in [0.2, 0.25) is 16.2 Å². The zero-order valence-corrected chi connectivity index (χ0v) is 18.2. The van der Waals surface area contributed by atoms with Crippen molar-refractivity contribution < 1.29 is 4.79 Å². The van der Waals surface area contributed by atoms with Crippen LogP contribution in [0.5, 0.6) is 0 Å². The minimum atomic E-state index is -0.352. The standard InChI is InChI=1S/C19H21N7OS2/c1-5-14(17(27)21-19-24-22-11(4)28-19)29-18-20-16-15(23-25-18)12-8-6-7-9-13(12)26(16)10(2)3/h6-10,14H,5H2,1-4H3,(H,21,24,27)/t14-/m0/s1. The van der Waals surface area contributed by atoms with Gasteiger partial charge in [-0.25, -0.2) is 4.98 Å². The number of nitrogens with zero attached hydrogens (tertiary/aromatic N) is 6. The van der Waals surface area contributed by atoms with Crippen LogP contribution in [-0.4, -0.2) is 41.1 Å². The summed E-state index contributed by atoms with van der Waals surface area (Å²) in [5.74, 6) is -0.137. The van der Waals surface area contributed by atoms with E-state index in [4.69, 9.17) is 4.98 Å². The molecule has 0 aliphatic carbocycles. The van der Waals surface area contributed by atoms with Crippen LogP contribution in [-0.2, 0) is 4.79 Å². The number of rotatable bonds is 6. The number of aryl methyl sites for hydroxylation is 1. The molecule has 0 saturated carbocycles. The number of anilines is 1. The van der Waals surface area contributed by atoms with Crippen molar-refractivity contribution in [2.24, 2.45) is 0 Å². The molecule has 0 spiro atoms. The first-order valence-electron chi connectivity index (χ1n) is 9.39. The van der Waals surface area contributed by atoms with Crippen LogP contribution in [0.2, 0.25) is 0 Å². The lowest BCUT2D eigenvalue weighted by atomic mass is 10.2. The average molecular weight is 428 g/mol. The second-order valence-electron chi connectivity index (χ2n) is 6.88. The molecule has 0 unspecified atom stereocenters. The quantitative estimate of drug-likeness (QED) is 0.460. The molecular weight excluding hydrogens is 406 g/mol. The molecule has 8 nitrogen and oxygen atoms in total. The predicted molar refractivity (Wildman–Crippen MR) is 116 cm³/mol. The van der Waals surface area contributed by atoms with Gasteiger partial charge in [-0.3, -0.25) is 10.1 Å². The maximum absolute atomic E-state index is 12.7.